The smallest absolute Gasteiger partial charge is 0.337 e. The standard InChI is InChI=1S/C19H22F3N3OS/c1-23-8-5-13-6-9-25(10-7-13)18(26)16-12-27-17(24-16)14-3-2-4-15(11-14)19(20,21)22/h2-4,11-13,23H,5-10H2,1H3. The van der Waals surface area contributed by atoms with Gasteiger partial charge in [0.05, 0.1) is 5.56 Å². The highest BCUT2D eigenvalue weighted by Crippen LogP contribution is 2.33. The molecule has 0 saturated carbocycles. The monoisotopic (exact) mass is 397 g/mol. The molecule has 1 aromatic carbocycles. The van der Waals surface area contributed by atoms with Crippen LogP contribution in [0.2, 0.25) is 0 Å². The van der Waals surface area contributed by atoms with Crippen LogP contribution in [0.3, 0.4) is 0 Å². The Morgan fingerprint density at radius 1 is 1.33 bits per heavy atom. The van der Waals surface area contributed by atoms with E-state index in [0.29, 0.717) is 35.3 Å². The highest BCUT2D eigenvalue weighted by Gasteiger charge is 2.31. The molecule has 1 aliphatic rings. The van der Waals surface area contributed by atoms with Gasteiger partial charge in [0.2, 0.25) is 0 Å². The maximum absolute atomic E-state index is 12.9. The number of hydrogen-bond acceptors (Lipinski definition) is 4. The fourth-order valence-corrected chi connectivity index (χ4v) is 4.06. The van der Waals surface area contributed by atoms with Gasteiger partial charge in [0, 0.05) is 24.0 Å². The molecule has 146 valence electrons. The topological polar surface area (TPSA) is 45.2 Å². The summed E-state index contributed by atoms with van der Waals surface area (Å²) in [7, 11) is 1.93. The number of nitrogens with zero attached hydrogens (tertiary/aromatic N) is 2. The molecule has 0 atom stereocenters. The number of benzene rings is 1. The number of nitrogens with one attached hydrogen (secondary N) is 1. The highest BCUT2D eigenvalue weighted by molar-refractivity contribution is 7.13. The second kappa shape index (κ2) is 8.39. The van der Waals surface area contributed by atoms with Crippen LogP contribution in [0.15, 0.2) is 29.6 Å². The van der Waals surface area contributed by atoms with Crippen molar-refractivity contribution in [2.75, 3.05) is 26.7 Å². The Morgan fingerprint density at radius 3 is 2.74 bits per heavy atom. The summed E-state index contributed by atoms with van der Waals surface area (Å²) in [5.41, 5.74) is -0.0348. The van der Waals surface area contributed by atoms with E-state index in [0.717, 1.165) is 37.9 Å². The van der Waals surface area contributed by atoms with Crippen molar-refractivity contribution in [2.24, 2.45) is 5.92 Å². The van der Waals surface area contributed by atoms with Gasteiger partial charge >= 0.3 is 6.18 Å². The first kappa shape index (κ1) is 19.8. The van der Waals surface area contributed by atoms with Crippen LogP contribution in [0.25, 0.3) is 10.6 Å². The Bertz CT molecular complexity index is 783. The van der Waals surface area contributed by atoms with Crippen LogP contribution < -0.4 is 5.32 Å². The molecule has 1 N–H and O–H groups in total. The highest BCUT2D eigenvalue weighted by atomic mass is 32.1. The summed E-state index contributed by atoms with van der Waals surface area (Å²) in [4.78, 5) is 18.8. The first-order valence-corrected chi connectivity index (χ1v) is 9.83. The number of amides is 1. The Morgan fingerprint density at radius 2 is 2.07 bits per heavy atom. The third-order valence-corrected chi connectivity index (χ3v) is 5.76. The average molecular weight is 397 g/mol. The van der Waals surface area contributed by atoms with Gasteiger partial charge in [-0.2, -0.15) is 13.2 Å². The van der Waals surface area contributed by atoms with E-state index in [-0.39, 0.29) is 5.91 Å². The van der Waals surface area contributed by atoms with Crippen LogP contribution in [-0.2, 0) is 6.18 Å². The van der Waals surface area contributed by atoms with Crippen molar-refractivity contribution in [2.45, 2.75) is 25.4 Å². The molecule has 2 aromatic rings. The quantitative estimate of drug-likeness (QED) is 0.819. The number of carbonyl (C=O) groups is 1. The molecule has 1 aromatic heterocycles. The largest absolute Gasteiger partial charge is 0.416 e. The van der Waals surface area contributed by atoms with Crippen LogP contribution in [0.4, 0.5) is 13.2 Å². The van der Waals surface area contributed by atoms with Gasteiger partial charge in [-0.25, -0.2) is 4.98 Å². The minimum Gasteiger partial charge on any atom is -0.337 e. The third kappa shape index (κ3) is 4.87. The fraction of sp³-hybridized carbons (Fsp3) is 0.474. The summed E-state index contributed by atoms with van der Waals surface area (Å²) >= 11 is 1.19. The van der Waals surface area contributed by atoms with Crippen LogP contribution >= 0.6 is 11.3 Å². The summed E-state index contributed by atoms with van der Waals surface area (Å²) < 4.78 is 38.7. The van der Waals surface area contributed by atoms with E-state index in [1.54, 1.807) is 16.3 Å². The van der Waals surface area contributed by atoms with Crippen molar-refractivity contribution in [3.8, 4) is 10.6 Å². The van der Waals surface area contributed by atoms with E-state index < -0.39 is 11.7 Å². The molecule has 0 unspecified atom stereocenters. The van der Waals surface area contributed by atoms with Gasteiger partial charge in [0.25, 0.3) is 5.91 Å². The molecule has 0 bridgehead atoms. The number of carbonyl (C=O) groups excluding carboxylic acids is 1. The number of thiazole rings is 1. The number of rotatable bonds is 5. The number of piperidine rings is 1. The van der Waals surface area contributed by atoms with Gasteiger partial charge in [-0.15, -0.1) is 11.3 Å². The molecule has 1 amide bonds. The van der Waals surface area contributed by atoms with E-state index in [1.165, 1.54) is 17.4 Å². The summed E-state index contributed by atoms with van der Waals surface area (Å²) in [5.74, 6) is 0.481. The molecule has 3 rings (SSSR count). The Kier molecular flexibility index (Phi) is 6.16. The van der Waals surface area contributed by atoms with E-state index in [9.17, 15) is 18.0 Å². The lowest BCUT2D eigenvalue weighted by Crippen LogP contribution is -2.39. The Hall–Kier alpha value is -1.93. The third-order valence-electron chi connectivity index (χ3n) is 4.86. The predicted octanol–water partition coefficient (Wildman–Crippen LogP) is 4.29. The molecule has 1 aliphatic heterocycles. The van der Waals surface area contributed by atoms with Gasteiger partial charge in [0.1, 0.15) is 10.7 Å². The number of aromatic nitrogens is 1. The van der Waals surface area contributed by atoms with Crippen molar-refractivity contribution >= 4 is 17.2 Å². The zero-order valence-electron chi connectivity index (χ0n) is 15.1. The maximum atomic E-state index is 12.9. The molecule has 0 spiro atoms. The van der Waals surface area contributed by atoms with Crippen LogP contribution in [0.1, 0.15) is 35.3 Å². The molecule has 4 nitrogen and oxygen atoms in total. The van der Waals surface area contributed by atoms with Crippen molar-refractivity contribution in [1.29, 1.82) is 0 Å². The minimum atomic E-state index is -4.40. The number of halogens is 3. The summed E-state index contributed by atoms with van der Waals surface area (Å²) in [6.07, 6.45) is -1.35. The van der Waals surface area contributed by atoms with Crippen LogP contribution in [0, 0.1) is 5.92 Å². The number of likely N-dealkylation sites (tertiary alicyclic amines) is 1. The van der Waals surface area contributed by atoms with Crippen LogP contribution in [0.5, 0.6) is 0 Å². The van der Waals surface area contributed by atoms with Gasteiger partial charge in [-0.1, -0.05) is 12.1 Å². The van der Waals surface area contributed by atoms with Gasteiger partial charge in [0.15, 0.2) is 0 Å². The Balaban J connectivity index is 1.67. The SMILES string of the molecule is CNCCC1CCN(C(=O)c2csc(-c3cccc(C(F)(F)F)c3)n2)CC1. The van der Waals surface area contributed by atoms with E-state index in [2.05, 4.69) is 10.3 Å². The Labute approximate surface area is 160 Å². The van der Waals surface area contributed by atoms with Crippen molar-refractivity contribution in [3.05, 3.63) is 40.9 Å². The molecule has 27 heavy (non-hydrogen) atoms. The van der Waals surface area contributed by atoms with Crippen molar-refractivity contribution in [3.63, 3.8) is 0 Å². The minimum absolute atomic E-state index is 0.142. The average Bonchev–Trinajstić information content (AvgIpc) is 3.16. The lowest BCUT2D eigenvalue weighted by Gasteiger charge is -2.31. The maximum Gasteiger partial charge on any atom is 0.416 e. The second-order valence-corrected chi connectivity index (χ2v) is 7.60. The zero-order valence-corrected chi connectivity index (χ0v) is 15.9. The first-order valence-electron chi connectivity index (χ1n) is 8.95. The van der Waals surface area contributed by atoms with Crippen molar-refractivity contribution in [1.82, 2.24) is 15.2 Å². The summed E-state index contributed by atoms with van der Waals surface area (Å²) in [5, 5.41) is 5.20. The van der Waals surface area contributed by atoms with Crippen molar-refractivity contribution < 1.29 is 18.0 Å². The molecule has 2 heterocycles. The predicted molar refractivity (Wildman–Crippen MR) is 99.7 cm³/mol. The zero-order chi connectivity index (χ0) is 19.4. The number of alkyl halides is 3. The molecule has 1 fully saturated rings. The summed E-state index contributed by atoms with van der Waals surface area (Å²) in [6, 6.07) is 5.04. The lowest BCUT2D eigenvalue weighted by molar-refractivity contribution is -0.137. The molecule has 0 aliphatic carbocycles. The van der Waals surface area contributed by atoms with E-state index in [1.807, 2.05) is 7.05 Å². The van der Waals surface area contributed by atoms with Gasteiger partial charge < -0.3 is 10.2 Å². The molecular formula is C19H22F3N3OS. The van der Waals surface area contributed by atoms with Gasteiger partial charge in [-0.05, 0) is 50.9 Å². The molecular weight excluding hydrogens is 375 g/mol. The lowest BCUT2D eigenvalue weighted by atomic mass is 9.93. The number of hydrogen-bond donors (Lipinski definition) is 1. The second-order valence-electron chi connectivity index (χ2n) is 6.74. The normalized spacial score (nSPS) is 15.9. The van der Waals surface area contributed by atoms with Crippen LogP contribution in [-0.4, -0.2) is 42.5 Å². The molecule has 1 saturated heterocycles. The molecule has 8 heteroatoms. The van der Waals surface area contributed by atoms with Gasteiger partial charge in [-0.3, -0.25) is 4.79 Å². The van der Waals surface area contributed by atoms with E-state index >= 15 is 0 Å². The summed E-state index contributed by atoms with van der Waals surface area (Å²) in [6.45, 7) is 2.37. The first-order chi connectivity index (χ1) is 12.9. The molecule has 0 radical (unpaired) electrons. The van der Waals surface area contributed by atoms with E-state index in [4.69, 9.17) is 0 Å². The fourth-order valence-electron chi connectivity index (χ4n) is 3.27.